The lowest BCUT2D eigenvalue weighted by Crippen LogP contribution is -2.37. The van der Waals surface area contributed by atoms with E-state index < -0.39 is 42.4 Å². The molecule has 0 aliphatic carbocycles. The number of ether oxygens (including phenoxy) is 1. The summed E-state index contributed by atoms with van der Waals surface area (Å²) in [4.78, 5) is 24.3. The van der Waals surface area contributed by atoms with Crippen LogP contribution in [0.2, 0.25) is 0 Å². The van der Waals surface area contributed by atoms with E-state index in [1.165, 1.54) is 0 Å². The van der Waals surface area contributed by atoms with Gasteiger partial charge in [0.15, 0.2) is 6.23 Å². The van der Waals surface area contributed by atoms with Crippen LogP contribution in [0.4, 0.5) is 0 Å². The monoisotopic (exact) mass is 244 g/mol. The molecule has 2 heterocycles. The highest BCUT2D eigenvalue weighted by molar-refractivity contribution is 4.92. The molecule has 0 aromatic carbocycles. The summed E-state index contributed by atoms with van der Waals surface area (Å²) < 4.78 is 6.08. The first kappa shape index (κ1) is 12.0. The van der Waals surface area contributed by atoms with E-state index in [2.05, 4.69) is 0 Å². The Hall–Kier alpha value is -1.48. The number of aromatic amines is 1. The van der Waals surface area contributed by atoms with Crippen LogP contribution in [-0.2, 0) is 4.74 Å². The van der Waals surface area contributed by atoms with Crippen molar-refractivity contribution in [3.05, 3.63) is 33.1 Å². The number of hydrogen-bond acceptors (Lipinski definition) is 6. The van der Waals surface area contributed by atoms with Gasteiger partial charge in [-0.25, -0.2) is 4.79 Å². The van der Waals surface area contributed by atoms with Crippen LogP contribution >= 0.6 is 0 Å². The topological polar surface area (TPSA) is 125 Å². The maximum absolute atomic E-state index is 11.4. The third-order valence-corrected chi connectivity index (χ3v) is 2.64. The second-order valence-electron chi connectivity index (χ2n) is 3.75. The molecule has 0 spiro atoms. The number of aromatic nitrogens is 2. The molecular weight excluding hydrogens is 232 g/mol. The zero-order valence-corrected chi connectivity index (χ0v) is 8.68. The van der Waals surface area contributed by atoms with Gasteiger partial charge in [-0.2, -0.15) is 0 Å². The summed E-state index contributed by atoms with van der Waals surface area (Å²) in [6, 6.07) is 1.09. The highest BCUT2D eigenvalue weighted by atomic mass is 16.6. The van der Waals surface area contributed by atoms with Gasteiger partial charge in [-0.15, -0.1) is 0 Å². The SMILES string of the molecule is O=c1ccn([C@H]2O[C@@H](CO)[C@H](O)[C@H]2O)c(=O)[nH]1. The first-order valence-corrected chi connectivity index (χ1v) is 4.98. The van der Waals surface area contributed by atoms with E-state index in [4.69, 9.17) is 9.84 Å². The fourth-order valence-electron chi connectivity index (χ4n) is 1.74. The Labute approximate surface area is 94.7 Å². The minimum Gasteiger partial charge on any atom is -0.394 e. The Morgan fingerprint density at radius 2 is 2.06 bits per heavy atom. The van der Waals surface area contributed by atoms with E-state index in [-0.39, 0.29) is 0 Å². The maximum Gasteiger partial charge on any atom is 0.330 e. The summed E-state index contributed by atoms with van der Waals surface area (Å²) in [5.74, 6) is 0. The van der Waals surface area contributed by atoms with E-state index in [9.17, 15) is 19.8 Å². The standard InChI is InChI=1S/C9H12N2O6/c12-3-4-6(14)7(15)8(17-4)11-2-1-5(13)10-9(11)16/h1-2,4,6-8,12,14-15H,3H2,(H,10,13,16)/t4-,6-,7+,8-/m0/s1. The van der Waals surface area contributed by atoms with Crippen LogP contribution in [0.5, 0.6) is 0 Å². The molecule has 0 unspecified atom stereocenters. The molecule has 17 heavy (non-hydrogen) atoms. The molecule has 4 N–H and O–H groups in total. The number of H-pyrrole nitrogens is 1. The highest BCUT2D eigenvalue weighted by Crippen LogP contribution is 2.27. The molecular formula is C9H12N2O6. The molecule has 1 saturated heterocycles. The van der Waals surface area contributed by atoms with Gasteiger partial charge in [-0.1, -0.05) is 0 Å². The Morgan fingerprint density at radius 3 is 2.59 bits per heavy atom. The summed E-state index contributed by atoms with van der Waals surface area (Å²) in [6.45, 7) is -0.479. The second-order valence-corrected chi connectivity index (χ2v) is 3.75. The Morgan fingerprint density at radius 1 is 1.35 bits per heavy atom. The van der Waals surface area contributed by atoms with Gasteiger partial charge in [-0.05, 0) is 0 Å². The number of aliphatic hydroxyl groups is 3. The van der Waals surface area contributed by atoms with Crippen LogP contribution in [0.3, 0.4) is 0 Å². The minimum absolute atomic E-state index is 0.479. The zero-order valence-electron chi connectivity index (χ0n) is 8.68. The second kappa shape index (κ2) is 4.41. The predicted molar refractivity (Wildman–Crippen MR) is 54.3 cm³/mol. The van der Waals surface area contributed by atoms with Crippen molar-refractivity contribution in [2.24, 2.45) is 0 Å². The number of nitrogens with one attached hydrogen (secondary N) is 1. The van der Waals surface area contributed by atoms with Crippen molar-refractivity contribution in [3.8, 4) is 0 Å². The van der Waals surface area contributed by atoms with Crippen molar-refractivity contribution >= 4 is 0 Å². The average molecular weight is 244 g/mol. The molecule has 8 heteroatoms. The first-order valence-electron chi connectivity index (χ1n) is 4.98. The van der Waals surface area contributed by atoms with Gasteiger partial charge in [0.2, 0.25) is 0 Å². The van der Waals surface area contributed by atoms with Crippen molar-refractivity contribution in [3.63, 3.8) is 0 Å². The van der Waals surface area contributed by atoms with E-state index in [1.807, 2.05) is 4.98 Å². The summed E-state index contributed by atoms with van der Waals surface area (Å²) in [6.07, 6.45) is -3.58. The van der Waals surface area contributed by atoms with Gasteiger partial charge in [0.05, 0.1) is 6.61 Å². The lowest BCUT2D eigenvalue weighted by atomic mass is 10.1. The number of aliphatic hydroxyl groups excluding tert-OH is 3. The molecule has 4 atom stereocenters. The van der Waals surface area contributed by atoms with Gasteiger partial charge >= 0.3 is 5.69 Å². The van der Waals surface area contributed by atoms with Crippen molar-refractivity contribution in [2.75, 3.05) is 6.61 Å². The largest absolute Gasteiger partial charge is 0.394 e. The van der Waals surface area contributed by atoms with Crippen molar-refractivity contribution in [1.82, 2.24) is 9.55 Å². The molecule has 0 amide bonds. The molecule has 0 radical (unpaired) electrons. The Balaban J connectivity index is 2.35. The predicted octanol–water partition coefficient (Wildman–Crippen LogP) is -2.85. The lowest BCUT2D eigenvalue weighted by molar-refractivity contribution is -0.0550. The summed E-state index contributed by atoms with van der Waals surface area (Å²) in [7, 11) is 0. The van der Waals surface area contributed by atoms with E-state index in [1.54, 1.807) is 0 Å². The molecule has 0 bridgehead atoms. The molecule has 0 saturated carbocycles. The molecule has 8 nitrogen and oxygen atoms in total. The fourth-order valence-corrected chi connectivity index (χ4v) is 1.74. The number of nitrogens with zero attached hydrogens (tertiary/aromatic N) is 1. The quantitative estimate of drug-likeness (QED) is 0.444. The van der Waals surface area contributed by atoms with Gasteiger partial charge in [0, 0.05) is 12.3 Å². The first-order chi connectivity index (χ1) is 8.04. The minimum atomic E-state index is -1.35. The highest BCUT2D eigenvalue weighted by Gasteiger charge is 2.43. The zero-order chi connectivity index (χ0) is 12.6. The normalized spacial score (nSPS) is 32.9. The van der Waals surface area contributed by atoms with Gasteiger partial charge < -0.3 is 20.1 Å². The van der Waals surface area contributed by atoms with Gasteiger partial charge in [-0.3, -0.25) is 14.3 Å². The van der Waals surface area contributed by atoms with Gasteiger partial charge in [0.1, 0.15) is 18.3 Å². The van der Waals surface area contributed by atoms with Crippen LogP contribution < -0.4 is 11.2 Å². The number of hydrogen-bond donors (Lipinski definition) is 4. The van der Waals surface area contributed by atoms with Crippen LogP contribution in [0.1, 0.15) is 6.23 Å². The lowest BCUT2D eigenvalue weighted by Gasteiger charge is -2.16. The molecule has 1 aliphatic heterocycles. The summed E-state index contributed by atoms with van der Waals surface area (Å²) >= 11 is 0. The molecule has 1 fully saturated rings. The smallest absolute Gasteiger partial charge is 0.330 e. The van der Waals surface area contributed by atoms with Crippen molar-refractivity contribution in [2.45, 2.75) is 24.5 Å². The van der Waals surface area contributed by atoms with Crippen molar-refractivity contribution in [1.29, 1.82) is 0 Å². The molecule has 2 rings (SSSR count). The van der Waals surface area contributed by atoms with Gasteiger partial charge in [0.25, 0.3) is 5.56 Å². The molecule has 1 aromatic rings. The third-order valence-electron chi connectivity index (χ3n) is 2.64. The molecule has 94 valence electrons. The van der Waals surface area contributed by atoms with E-state index in [0.29, 0.717) is 0 Å². The Bertz CT molecular complexity index is 509. The van der Waals surface area contributed by atoms with Crippen LogP contribution in [-0.4, -0.2) is 49.8 Å². The molecule has 1 aromatic heterocycles. The molecule has 1 aliphatic rings. The van der Waals surface area contributed by atoms with E-state index >= 15 is 0 Å². The van der Waals surface area contributed by atoms with E-state index in [0.717, 1.165) is 16.8 Å². The van der Waals surface area contributed by atoms with Crippen LogP contribution in [0, 0.1) is 0 Å². The maximum atomic E-state index is 11.4. The summed E-state index contributed by atoms with van der Waals surface area (Å²) in [5.41, 5.74) is -1.33. The summed E-state index contributed by atoms with van der Waals surface area (Å²) in [5, 5.41) is 28.1. The van der Waals surface area contributed by atoms with Crippen LogP contribution in [0.25, 0.3) is 0 Å². The third kappa shape index (κ3) is 2.03. The fraction of sp³-hybridized carbons (Fsp3) is 0.556. The average Bonchev–Trinajstić information content (AvgIpc) is 2.57. The van der Waals surface area contributed by atoms with Crippen LogP contribution in [0.15, 0.2) is 21.9 Å². The van der Waals surface area contributed by atoms with Crippen molar-refractivity contribution < 1.29 is 20.1 Å². The number of rotatable bonds is 2. The Kier molecular flexibility index (Phi) is 3.11.